The molecule has 0 bridgehead atoms. The summed E-state index contributed by atoms with van der Waals surface area (Å²) < 4.78 is 5.47. The van der Waals surface area contributed by atoms with Gasteiger partial charge in [-0.05, 0) is 67.2 Å². The molecule has 1 aliphatic carbocycles. The van der Waals surface area contributed by atoms with Gasteiger partial charge in [-0.3, -0.25) is 9.69 Å². The summed E-state index contributed by atoms with van der Waals surface area (Å²) in [5.74, 6) is 1.02. The number of methoxy groups -OCH3 is 1. The number of carbonyl (C=O) groups excluding carboxylic acids is 1. The molecule has 1 saturated heterocycles. The third-order valence-electron chi connectivity index (χ3n) is 7.85. The van der Waals surface area contributed by atoms with E-state index in [4.69, 9.17) is 4.74 Å². The number of benzene rings is 2. The van der Waals surface area contributed by atoms with Crippen LogP contribution in [0.2, 0.25) is 0 Å². The van der Waals surface area contributed by atoms with Crippen LogP contribution in [0.4, 0.5) is 0 Å². The molecule has 1 N–H and O–H groups in total. The Hall–Kier alpha value is -3.05. The summed E-state index contributed by atoms with van der Waals surface area (Å²) in [5.41, 5.74) is 6.34. The molecule has 1 fully saturated rings. The first-order valence-corrected chi connectivity index (χ1v) is 12.0. The SMILES string of the molecule is COc1cccc(CN2C[C@H](C(=O)N3[C@@H](C)C[C@@H]3C)C=C3c4cccc5[nH]cc(c45)C[C@H]32)c1. The number of nitrogens with one attached hydrogen (secondary N) is 1. The monoisotopic (exact) mass is 441 g/mol. The molecule has 0 unspecified atom stereocenters. The number of likely N-dealkylation sites (tertiary alicyclic amines) is 1. The third kappa shape index (κ3) is 3.29. The van der Waals surface area contributed by atoms with Crippen LogP contribution in [0.3, 0.4) is 0 Å². The fraction of sp³-hybridized carbons (Fsp3) is 0.393. The zero-order valence-electron chi connectivity index (χ0n) is 19.5. The summed E-state index contributed by atoms with van der Waals surface area (Å²) in [6, 6.07) is 15.7. The largest absolute Gasteiger partial charge is 0.497 e. The molecule has 0 spiro atoms. The smallest absolute Gasteiger partial charge is 0.231 e. The lowest BCUT2D eigenvalue weighted by molar-refractivity contribution is -0.146. The van der Waals surface area contributed by atoms with Crippen molar-refractivity contribution in [2.75, 3.05) is 13.7 Å². The van der Waals surface area contributed by atoms with E-state index >= 15 is 0 Å². The maximum atomic E-state index is 13.6. The van der Waals surface area contributed by atoms with Gasteiger partial charge >= 0.3 is 0 Å². The molecule has 3 heterocycles. The molecule has 6 rings (SSSR count). The fourth-order valence-electron chi connectivity index (χ4n) is 6.30. The van der Waals surface area contributed by atoms with E-state index in [1.54, 1.807) is 7.11 Å². The average Bonchev–Trinajstić information content (AvgIpc) is 3.23. The number of rotatable bonds is 4. The minimum Gasteiger partial charge on any atom is -0.497 e. The molecule has 0 radical (unpaired) electrons. The van der Waals surface area contributed by atoms with Crippen molar-refractivity contribution in [1.82, 2.24) is 14.8 Å². The summed E-state index contributed by atoms with van der Waals surface area (Å²) >= 11 is 0. The Morgan fingerprint density at radius 2 is 1.97 bits per heavy atom. The summed E-state index contributed by atoms with van der Waals surface area (Å²) in [6.45, 7) is 5.87. The van der Waals surface area contributed by atoms with Crippen molar-refractivity contribution >= 4 is 22.4 Å². The lowest BCUT2D eigenvalue weighted by Gasteiger charge is -2.49. The zero-order valence-corrected chi connectivity index (χ0v) is 19.5. The van der Waals surface area contributed by atoms with E-state index in [1.165, 1.54) is 33.2 Å². The van der Waals surface area contributed by atoms with Gasteiger partial charge in [-0.2, -0.15) is 0 Å². The highest BCUT2D eigenvalue weighted by Crippen LogP contribution is 2.42. The molecule has 33 heavy (non-hydrogen) atoms. The van der Waals surface area contributed by atoms with E-state index in [9.17, 15) is 4.79 Å². The van der Waals surface area contributed by atoms with E-state index < -0.39 is 0 Å². The molecule has 5 heteroatoms. The lowest BCUT2D eigenvalue weighted by Crippen LogP contribution is -2.59. The van der Waals surface area contributed by atoms with Crippen LogP contribution in [0, 0.1) is 5.92 Å². The molecule has 5 nitrogen and oxygen atoms in total. The summed E-state index contributed by atoms with van der Waals surface area (Å²) in [5, 5.41) is 1.32. The highest BCUT2D eigenvalue weighted by molar-refractivity contribution is 5.99. The van der Waals surface area contributed by atoms with Crippen molar-refractivity contribution < 1.29 is 9.53 Å². The lowest BCUT2D eigenvalue weighted by atomic mass is 9.78. The van der Waals surface area contributed by atoms with Crippen molar-refractivity contribution in [2.45, 2.75) is 51.4 Å². The molecule has 4 atom stereocenters. The number of ether oxygens (including phenoxy) is 1. The van der Waals surface area contributed by atoms with Gasteiger partial charge in [-0.25, -0.2) is 0 Å². The summed E-state index contributed by atoms with van der Waals surface area (Å²) in [4.78, 5) is 21.7. The number of carbonyl (C=O) groups is 1. The Balaban J connectivity index is 1.41. The van der Waals surface area contributed by atoms with Crippen LogP contribution in [0.25, 0.3) is 16.5 Å². The second kappa shape index (κ2) is 7.77. The van der Waals surface area contributed by atoms with Crippen LogP contribution in [0.1, 0.15) is 37.0 Å². The van der Waals surface area contributed by atoms with Crippen LogP contribution in [0.5, 0.6) is 5.75 Å². The summed E-state index contributed by atoms with van der Waals surface area (Å²) in [6.07, 6.45) is 6.51. The first-order valence-electron chi connectivity index (χ1n) is 12.0. The third-order valence-corrected chi connectivity index (χ3v) is 7.85. The van der Waals surface area contributed by atoms with Gasteiger partial charge in [-0.15, -0.1) is 0 Å². The molecule has 2 aliphatic heterocycles. The Labute approximate surface area is 195 Å². The standard InChI is InChI=1S/C28H31N3O2/c1-17-10-18(2)31(17)28(32)21-12-24-23-8-5-9-25-27(23)20(14-29-25)13-26(24)30(16-21)15-19-6-4-7-22(11-19)33-3/h4-9,11-12,14,17-18,21,26,29H,10,13,15-16H2,1-3H3/t17-,18-,21+,26+/m0/s1. The van der Waals surface area contributed by atoms with Gasteiger partial charge in [0.2, 0.25) is 5.91 Å². The van der Waals surface area contributed by atoms with Crippen molar-refractivity contribution in [3.8, 4) is 5.75 Å². The van der Waals surface area contributed by atoms with Crippen LogP contribution >= 0.6 is 0 Å². The van der Waals surface area contributed by atoms with Gasteiger partial charge in [0.15, 0.2) is 0 Å². The minimum atomic E-state index is -0.122. The fourth-order valence-corrected chi connectivity index (χ4v) is 6.30. The molecule has 3 aromatic rings. The van der Waals surface area contributed by atoms with E-state index in [1.807, 2.05) is 12.1 Å². The maximum absolute atomic E-state index is 13.6. The number of H-pyrrole nitrogens is 1. The van der Waals surface area contributed by atoms with Gasteiger partial charge in [0.25, 0.3) is 0 Å². The van der Waals surface area contributed by atoms with Crippen LogP contribution in [-0.2, 0) is 17.8 Å². The number of nitrogens with zero attached hydrogens (tertiary/aromatic N) is 2. The number of amides is 1. The highest BCUT2D eigenvalue weighted by Gasteiger charge is 2.42. The number of hydrogen-bond donors (Lipinski definition) is 1. The predicted octanol–water partition coefficient (Wildman–Crippen LogP) is 4.63. The van der Waals surface area contributed by atoms with Gasteiger partial charge in [0.1, 0.15) is 5.75 Å². The Morgan fingerprint density at radius 1 is 1.15 bits per heavy atom. The van der Waals surface area contributed by atoms with Crippen molar-refractivity contribution in [3.63, 3.8) is 0 Å². The molecule has 1 aromatic heterocycles. The van der Waals surface area contributed by atoms with Gasteiger partial charge in [-0.1, -0.05) is 30.3 Å². The van der Waals surface area contributed by atoms with E-state index in [-0.39, 0.29) is 17.9 Å². The molecule has 3 aliphatic rings. The first-order chi connectivity index (χ1) is 16.0. The zero-order chi connectivity index (χ0) is 22.7. The molecular formula is C28H31N3O2. The number of aromatic amines is 1. The van der Waals surface area contributed by atoms with Crippen molar-refractivity contribution in [2.24, 2.45) is 5.92 Å². The number of fused-ring (bicyclic) bond motifs is 2. The van der Waals surface area contributed by atoms with Crippen LogP contribution < -0.4 is 4.74 Å². The Bertz CT molecular complexity index is 1250. The average molecular weight is 442 g/mol. The van der Waals surface area contributed by atoms with Gasteiger partial charge < -0.3 is 14.6 Å². The normalized spacial score (nSPS) is 26.5. The van der Waals surface area contributed by atoms with Gasteiger partial charge in [0, 0.05) is 48.3 Å². The minimum absolute atomic E-state index is 0.122. The maximum Gasteiger partial charge on any atom is 0.231 e. The first kappa shape index (κ1) is 20.5. The molecule has 0 saturated carbocycles. The van der Waals surface area contributed by atoms with E-state index in [0.717, 1.165) is 31.7 Å². The quantitative estimate of drug-likeness (QED) is 0.642. The number of hydrogen-bond acceptors (Lipinski definition) is 3. The second-order valence-corrected chi connectivity index (χ2v) is 9.95. The van der Waals surface area contributed by atoms with E-state index in [0.29, 0.717) is 12.1 Å². The van der Waals surface area contributed by atoms with Crippen molar-refractivity contribution in [3.05, 3.63) is 71.4 Å². The number of aromatic nitrogens is 1. The molecular weight excluding hydrogens is 410 g/mol. The van der Waals surface area contributed by atoms with Crippen LogP contribution in [0.15, 0.2) is 54.7 Å². The van der Waals surface area contributed by atoms with Gasteiger partial charge in [0.05, 0.1) is 13.0 Å². The Kier molecular flexibility index (Phi) is 4.84. The highest BCUT2D eigenvalue weighted by atomic mass is 16.5. The second-order valence-electron chi connectivity index (χ2n) is 9.95. The molecule has 1 amide bonds. The Morgan fingerprint density at radius 3 is 2.76 bits per heavy atom. The van der Waals surface area contributed by atoms with E-state index in [2.05, 4.69) is 71.2 Å². The van der Waals surface area contributed by atoms with Crippen molar-refractivity contribution in [1.29, 1.82) is 0 Å². The molecule has 2 aromatic carbocycles. The predicted molar refractivity (Wildman–Crippen MR) is 131 cm³/mol. The topological polar surface area (TPSA) is 48.6 Å². The summed E-state index contributed by atoms with van der Waals surface area (Å²) in [7, 11) is 1.71. The molecule has 170 valence electrons. The van der Waals surface area contributed by atoms with Crippen LogP contribution in [-0.4, -0.2) is 52.5 Å².